The molecule has 0 amide bonds. The summed E-state index contributed by atoms with van der Waals surface area (Å²) in [6, 6.07) is 0. The zero-order chi connectivity index (χ0) is 9.72. The van der Waals surface area contributed by atoms with E-state index < -0.39 is 18.0 Å². The van der Waals surface area contributed by atoms with Gasteiger partial charge in [-0.25, -0.2) is 0 Å². The van der Waals surface area contributed by atoms with Crippen LogP contribution in [0.3, 0.4) is 0 Å². The van der Waals surface area contributed by atoms with Crippen LogP contribution >= 0.6 is 0 Å². The van der Waals surface area contributed by atoms with Gasteiger partial charge in [-0.3, -0.25) is 4.79 Å². The fourth-order valence-electron chi connectivity index (χ4n) is 0.806. The third-order valence-electron chi connectivity index (χ3n) is 1.35. The topological polar surface area (TPSA) is 90.1 Å². The number of aliphatic hydroxyl groups excluding tert-OH is 2. The van der Waals surface area contributed by atoms with Crippen molar-refractivity contribution in [2.45, 2.75) is 32.5 Å². The van der Waals surface area contributed by atoms with Crippen molar-refractivity contribution in [3.63, 3.8) is 0 Å². The number of Topliss-reactive ketones (excluding diaryl/α,β-unsaturated/α-hetero) is 1. The van der Waals surface area contributed by atoms with E-state index in [0.717, 1.165) is 0 Å². The molecule has 0 saturated carbocycles. The average molecular weight is 175 g/mol. The van der Waals surface area contributed by atoms with E-state index in [9.17, 15) is 9.90 Å². The van der Waals surface area contributed by atoms with Crippen LogP contribution in [0.2, 0.25) is 0 Å². The largest absolute Gasteiger partial charge is 0.410 e. The molecule has 12 heavy (non-hydrogen) atoms. The quantitative estimate of drug-likeness (QED) is 0.306. The molecule has 0 fully saturated rings. The van der Waals surface area contributed by atoms with Crippen molar-refractivity contribution >= 4 is 11.5 Å². The Bertz CT molecular complexity index is 188. The van der Waals surface area contributed by atoms with E-state index in [-0.39, 0.29) is 12.1 Å². The highest BCUT2D eigenvalue weighted by Crippen LogP contribution is 2.00. The van der Waals surface area contributed by atoms with Crippen LogP contribution in [0.4, 0.5) is 0 Å². The molecule has 0 saturated heterocycles. The van der Waals surface area contributed by atoms with E-state index in [1.165, 1.54) is 13.8 Å². The molecule has 0 radical (unpaired) electrons. The third-order valence-corrected chi connectivity index (χ3v) is 1.35. The number of carbonyl (C=O) groups excluding carboxylic acids is 1. The number of oxime groups is 1. The lowest BCUT2D eigenvalue weighted by Crippen LogP contribution is -2.29. The van der Waals surface area contributed by atoms with E-state index in [1.807, 2.05) is 0 Å². The van der Waals surface area contributed by atoms with Crippen molar-refractivity contribution in [3.8, 4) is 0 Å². The van der Waals surface area contributed by atoms with Crippen LogP contribution in [-0.2, 0) is 4.79 Å². The second-order valence-electron chi connectivity index (χ2n) is 2.64. The lowest BCUT2D eigenvalue weighted by Gasteiger charge is -2.11. The molecule has 0 spiro atoms. The van der Waals surface area contributed by atoms with Crippen LogP contribution in [0, 0.1) is 0 Å². The first-order valence-corrected chi connectivity index (χ1v) is 3.58. The monoisotopic (exact) mass is 175 g/mol. The van der Waals surface area contributed by atoms with Crippen molar-refractivity contribution in [3.05, 3.63) is 0 Å². The zero-order valence-electron chi connectivity index (χ0n) is 7.06. The first-order valence-electron chi connectivity index (χ1n) is 3.58. The Labute approximate surface area is 70.3 Å². The lowest BCUT2D eigenvalue weighted by atomic mass is 10.1. The first-order chi connectivity index (χ1) is 5.49. The minimum Gasteiger partial charge on any atom is -0.410 e. The molecule has 0 aliphatic rings. The Morgan fingerprint density at radius 2 is 2.00 bits per heavy atom. The molecule has 0 aromatic rings. The van der Waals surface area contributed by atoms with Gasteiger partial charge in [0, 0.05) is 13.3 Å². The molecule has 2 atom stereocenters. The van der Waals surface area contributed by atoms with Crippen LogP contribution in [0.5, 0.6) is 0 Å². The van der Waals surface area contributed by atoms with Crippen LogP contribution < -0.4 is 0 Å². The summed E-state index contributed by atoms with van der Waals surface area (Å²) in [6.45, 7) is 2.65. The van der Waals surface area contributed by atoms with Gasteiger partial charge in [-0.15, -0.1) is 0 Å². The minimum absolute atomic E-state index is 0.0149. The van der Waals surface area contributed by atoms with Gasteiger partial charge in [0.15, 0.2) is 11.5 Å². The van der Waals surface area contributed by atoms with Gasteiger partial charge < -0.3 is 15.4 Å². The predicted molar refractivity (Wildman–Crippen MR) is 42.2 cm³/mol. The molecule has 2 unspecified atom stereocenters. The molecule has 70 valence electrons. The minimum atomic E-state index is -1.20. The van der Waals surface area contributed by atoms with Crippen LogP contribution in [0.25, 0.3) is 0 Å². The third kappa shape index (κ3) is 3.45. The predicted octanol–water partition coefficient (Wildman–Crippen LogP) is -0.463. The highest BCUT2D eigenvalue weighted by atomic mass is 16.4. The highest BCUT2D eigenvalue weighted by molar-refractivity contribution is 6.40. The maximum Gasteiger partial charge on any atom is 0.180 e. The fraction of sp³-hybridized carbons (Fsp3) is 0.714. The van der Waals surface area contributed by atoms with Crippen molar-refractivity contribution in [2.75, 3.05) is 0 Å². The number of rotatable bonds is 4. The van der Waals surface area contributed by atoms with Gasteiger partial charge in [0.25, 0.3) is 0 Å². The SMILES string of the molecule is CC(=O)C(=NO)C(O)CC(C)O. The molecule has 0 aliphatic carbocycles. The number of aliphatic hydroxyl groups is 2. The van der Waals surface area contributed by atoms with Crippen LogP contribution in [-0.4, -0.2) is 39.1 Å². The summed E-state index contributed by atoms with van der Waals surface area (Å²) in [5, 5.41) is 29.0. The average Bonchev–Trinajstić information content (AvgIpc) is 1.85. The Balaban J connectivity index is 4.24. The van der Waals surface area contributed by atoms with Crippen LogP contribution in [0.1, 0.15) is 20.3 Å². The van der Waals surface area contributed by atoms with Gasteiger partial charge in [-0.1, -0.05) is 5.16 Å². The smallest absolute Gasteiger partial charge is 0.180 e. The molecule has 5 heteroatoms. The Morgan fingerprint density at radius 3 is 2.25 bits per heavy atom. The van der Waals surface area contributed by atoms with Gasteiger partial charge in [-0.05, 0) is 6.92 Å². The van der Waals surface area contributed by atoms with Crippen molar-refractivity contribution in [1.29, 1.82) is 0 Å². The standard InChI is InChI=1S/C7H13NO4/c1-4(9)3-6(11)7(8-12)5(2)10/h4,6,9,11-12H,3H2,1-2H3. The van der Waals surface area contributed by atoms with E-state index in [2.05, 4.69) is 5.16 Å². The van der Waals surface area contributed by atoms with E-state index in [4.69, 9.17) is 10.3 Å². The summed E-state index contributed by atoms with van der Waals surface area (Å²) in [5.41, 5.74) is -0.323. The summed E-state index contributed by atoms with van der Waals surface area (Å²) in [4.78, 5) is 10.7. The van der Waals surface area contributed by atoms with Gasteiger partial charge >= 0.3 is 0 Å². The van der Waals surface area contributed by atoms with E-state index >= 15 is 0 Å². The van der Waals surface area contributed by atoms with Crippen molar-refractivity contribution in [2.24, 2.45) is 5.16 Å². The molecule has 0 aromatic heterocycles. The number of hydrogen-bond donors (Lipinski definition) is 3. The maximum absolute atomic E-state index is 10.7. The second-order valence-corrected chi connectivity index (χ2v) is 2.64. The summed E-state index contributed by atoms with van der Waals surface area (Å²) in [7, 11) is 0. The molecule has 0 aliphatic heterocycles. The molecule has 5 nitrogen and oxygen atoms in total. The van der Waals surface area contributed by atoms with Crippen molar-refractivity contribution in [1.82, 2.24) is 0 Å². The Morgan fingerprint density at radius 1 is 1.50 bits per heavy atom. The van der Waals surface area contributed by atoms with Crippen molar-refractivity contribution < 1.29 is 20.2 Å². The Kier molecular flexibility index (Phi) is 4.46. The number of hydrogen-bond acceptors (Lipinski definition) is 5. The lowest BCUT2D eigenvalue weighted by molar-refractivity contribution is -0.111. The van der Waals surface area contributed by atoms with E-state index in [1.54, 1.807) is 0 Å². The molecule has 0 heterocycles. The van der Waals surface area contributed by atoms with Gasteiger partial charge in [0.2, 0.25) is 0 Å². The molecule has 0 bridgehead atoms. The van der Waals surface area contributed by atoms with Gasteiger partial charge in [0.05, 0.1) is 6.10 Å². The summed E-state index contributed by atoms with van der Waals surface area (Å²) in [6.07, 6.45) is -1.96. The molecular weight excluding hydrogens is 162 g/mol. The summed E-state index contributed by atoms with van der Waals surface area (Å²) < 4.78 is 0. The number of carbonyl (C=O) groups is 1. The Hall–Kier alpha value is -0.940. The van der Waals surface area contributed by atoms with E-state index in [0.29, 0.717) is 0 Å². The molecule has 3 N–H and O–H groups in total. The molecule has 0 aromatic carbocycles. The maximum atomic E-state index is 10.7. The highest BCUT2D eigenvalue weighted by Gasteiger charge is 2.19. The van der Waals surface area contributed by atoms with Crippen LogP contribution in [0.15, 0.2) is 5.16 Å². The number of nitrogens with zero attached hydrogens (tertiary/aromatic N) is 1. The first kappa shape index (κ1) is 11.1. The second kappa shape index (κ2) is 4.84. The van der Waals surface area contributed by atoms with Gasteiger partial charge in [-0.2, -0.15) is 0 Å². The summed E-state index contributed by atoms with van der Waals surface area (Å²) >= 11 is 0. The van der Waals surface area contributed by atoms with Gasteiger partial charge in [0.1, 0.15) is 6.10 Å². The fourth-order valence-corrected chi connectivity index (χ4v) is 0.806. The zero-order valence-corrected chi connectivity index (χ0v) is 7.06. The summed E-state index contributed by atoms with van der Waals surface area (Å²) in [5.74, 6) is -0.509. The molecule has 0 rings (SSSR count). The normalized spacial score (nSPS) is 17.2. The number of ketones is 1. The molecular formula is C7H13NO4.